The summed E-state index contributed by atoms with van der Waals surface area (Å²) < 4.78 is 0. The lowest BCUT2D eigenvalue weighted by molar-refractivity contribution is -0.384. The van der Waals surface area contributed by atoms with Crippen molar-refractivity contribution in [2.24, 2.45) is 11.8 Å². The third-order valence-electron chi connectivity index (χ3n) is 3.66. The largest absolute Gasteiger partial charge is 0.371 e. The van der Waals surface area contributed by atoms with E-state index in [0.717, 1.165) is 37.5 Å². The normalized spacial score (nSPS) is 19.9. The zero-order valence-electron chi connectivity index (χ0n) is 11.1. The minimum absolute atomic E-state index is 0.0720. The van der Waals surface area contributed by atoms with Crippen LogP contribution >= 0.6 is 0 Å². The Morgan fingerprint density at radius 3 is 2.84 bits per heavy atom. The van der Waals surface area contributed by atoms with Crippen molar-refractivity contribution in [3.8, 4) is 0 Å². The van der Waals surface area contributed by atoms with Crippen LogP contribution in [0.15, 0.2) is 18.2 Å². The number of hydrazine groups is 1. The molecule has 0 saturated carbocycles. The summed E-state index contributed by atoms with van der Waals surface area (Å²) in [5.74, 6) is 6.10. The van der Waals surface area contributed by atoms with Gasteiger partial charge in [-0.1, -0.05) is 6.92 Å². The van der Waals surface area contributed by atoms with Crippen molar-refractivity contribution < 1.29 is 4.92 Å². The molecular weight excluding hydrogens is 244 g/mol. The Morgan fingerprint density at radius 2 is 2.16 bits per heavy atom. The summed E-state index contributed by atoms with van der Waals surface area (Å²) in [6, 6.07) is 4.93. The zero-order chi connectivity index (χ0) is 13.8. The second kappa shape index (κ2) is 5.88. The first-order chi connectivity index (χ1) is 9.10. The molecule has 104 valence electrons. The molecule has 2 rings (SSSR count). The predicted molar refractivity (Wildman–Crippen MR) is 76.1 cm³/mol. The van der Waals surface area contributed by atoms with Crippen LogP contribution in [0, 0.1) is 16.0 Å². The molecule has 1 aliphatic heterocycles. The highest BCUT2D eigenvalue weighted by Gasteiger charge is 2.17. The predicted octanol–water partition coefficient (Wildman–Crippen LogP) is 2.51. The van der Waals surface area contributed by atoms with Crippen LogP contribution in [0.5, 0.6) is 0 Å². The number of hydrogen-bond acceptors (Lipinski definition) is 5. The van der Waals surface area contributed by atoms with Crippen LogP contribution in [0.25, 0.3) is 0 Å². The monoisotopic (exact) mass is 264 g/mol. The maximum Gasteiger partial charge on any atom is 0.273 e. The number of nitrogens with one attached hydrogen (secondary N) is 1. The average Bonchev–Trinajstić information content (AvgIpc) is 2.63. The average molecular weight is 264 g/mol. The third-order valence-corrected chi connectivity index (χ3v) is 3.66. The molecule has 1 saturated heterocycles. The van der Waals surface area contributed by atoms with Gasteiger partial charge in [-0.15, -0.1) is 0 Å². The van der Waals surface area contributed by atoms with E-state index in [4.69, 9.17) is 5.84 Å². The van der Waals surface area contributed by atoms with E-state index in [1.165, 1.54) is 12.5 Å². The van der Waals surface area contributed by atoms with Crippen molar-refractivity contribution in [3.05, 3.63) is 28.3 Å². The molecule has 0 aliphatic carbocycles. The maximum absolute atomic E-state index is 10.9. The number of nitrogen functional groups attached to an aromatic ring is 1. The van der Waals surface area contributed by atoms with Gasteiger partial charge in [0.15, 0.2) is 0 Å². The van der Waals surface area contributed by atoms with Gasteiger partial charge in [-0.05, 0) is 31.2 Å². The van der Waals surface area contributed by atoms with Gasteiger partial charge >= 0.3 is 0 Å². The highest BCUT2D eigenvalue weighted by atomic mass is 16.6. The van der Waals surface area contributed by atoms with E-state index in [9.17, 15) is 10.1 Å². The van der Waals surface area contributed by atoms with Crippen molar-refractivity contribution in [3.63, 3.8) is 0 Å². The second-order valence-corrected chi connectivity index (χ2v) is 5.16. The molecule has 6 heteroatoms. The SMILES string of the molecule is CC1CCCN(c2cc(NN)cc([N+](=O)[O-])c2)CC1. The van der Waals surface area contributed by atoms with Crippen LogP contribution in [0.4, 0.5) is 17.1 Å². The molecule has 1 unspecified atom stereocenters. The topological polar surface area (TPSA) is 84.4 Å². The number of nitrogens with two attached hydrogens (primary N) is 1. The van der Waals surface area contributed by atoms with Gasteiger partial charge < -0.3 is 10.3 Å². The highest BCUT2D eigenvalue weighted by molar-refractivity contribution is 5.64. The van der Waals surface area contributed by atoms with E-state index in [-0.39, 0.29) is 10.6 Å². The third kappa shape index (κ3) is 3.35. The molecule has 1 aromatic rings. The fourth-order valence-corrected chi connectivity index (χ4v) is 2.49. The molecule has 0 radical (unpaired) electrons. The summed E-state index contributed by atoms with van der Waals surface area (Å²) in [6.07, 6.45) is 3.46. The summed E-state index contributed by atoms with van der Waals surface area (Å²) in [6.45, 7) is 4.13. The lowest BCUT2D eigenvalue weighted by atomic mass is 10.0. The molecule has 3 N–H and O–H groups in total. The first-order valence-electron chi connectivity index (χ1n) is 6.61. The van der Waals surface area contributed by atoms with E-state index in [1.807, 2.05) is 6.07 Å². The first kappa shape index (κ1) is 13.6. The van der Waals surface area contributed by atoms with Crippen LogP contribution < -0.4 is 16.2 Å². The Morgan fingerprint density at radius 1 is 1.37 bits per heavy atom. The van der Waals surface area contributed by atoms with Gasteiger partial charge in [-0.2, -0.15) is 0 Å². The number of hydrogen-bond donors (Lipinski definition) is 2. The number of anilines is 2. The Labute approximate surface area is 112 Å². The fraction of sp³-hybridized carbons (Fsp3) is 0.538. The second-order valence-electron chi connectivity index (χ2n) is 5.16. The minimum Gasteiger partial charge on any atom is -0.371 e. The van der Waals surface area contributed by atoms with Crippen LogP contribution in [0.1, 0.15) is 26.2 Å². The van der Waals surface area contributed by atoms with Crippen LogP contribution in [0.2, 0.25) is 0 Å². The number of nitro benzene ring substituents is 1. The first-order valence-corrected chi connectivity index (χ1v) is 6.61. The lowest BCUT2D eigenvalue weighted by Crippen LogP contribution is -2.24. The summed E-state index contributed by atoms with van der Waals surface area (Å²) in [5.41, 5.74) is 4.01. The summed E-state index contributed by atoms with van der Waals surface area (Å²) in [5, 5.41) is 10.9. The molecule has 0 amide bonds. The van der Waals surface area contributed by atoms with Crippen molar-refractivity contribution in [2.75, 3.05) is 23.4 Å². The van der Waals surface area contributed by atoms with Crippen molar-refractivity contribution in [1.82, 2.24) is 0 Å². The molecule has 1 heterocycles. The maximum atomic E-state index is 10.9. The molecule has 1 atom stereocenters. The van der Waals surface area contributed by atoms with E-state index in [0.29, 0.717) is 5.69 Å². The summed E-state index contributed by atoms with van der Waals surface area (Å²) >= 11 is 0. The van der Waals surface area contributed by atoms with Gasteiger partial charge in [0.2, 0.25) is 0 Å². The molecule has 6 nitrogen and oxygen atoms in total. The van der Waals surface area contributed by atoms with Crippen LogP contribution in [-0.4, -0.2) is 18.0 Å². The molecule has 1 fully saturated rings. The fourth-order valence-electron chi connectivity index (χ4n) is 2.49. The van der Waals surface area contributed by atoms with Gasteiger partial charge in [0, 0.05) is 30.9 Å². The summed E-state index contributed by atoms with van der Waals surface area (Å²) in [7, 11) is 0. The van der Waals surface area contributed by atoms with E-state index in [1.54, 1.807) is 6.07 Å². The number of non-ortho nitro benzene ring substituents is 1. The highest BCUT2D eigenvalue weighted by Crippen LogP contribution is 2.29. The van der Waals surface area contributed by atoms with Crippen molar-refractivity contribution in [1.29, 1.82) is 0 Å². The number of benzene rings is 1. The molecular formula is C13H20N4O2. The van der Waals surface area contributed by atoms with Crippen molar-refractivity contribution >= 4 is 17.1 Å². The van der Waals surface area contributed by atoms with Crippen molar-refractivity contribution in [2.45, 2.75) is 26.2 Å². The minimum atomic E-state index is -0.384. The molecule has 0 aromatic heterocycles. The molecule has 0 bridgehead atoms. The summed E-state index contributed by atoms with van der Waals surface area (Å²) in [4.78, 5) is 12.8. The molecule has 0 spiro atoms. The Balaban J connectivity index is 2.27. The smallest absolute Gasteiger partial charge is 0.273 e. The number of nitro groups is 1. The zero-order valence-corrected chi connectivity index (χ0v) is 11.1. The molecule has 1 aromatic carbocycles. The Bertz CT molecular complexity index is 464. The van der Waals surface area contributed by atoms with Gasteiger partial charge in [-0.25, -0.2) is 0 Å². The van der Waals surface area contributed by atoms with Gasteiger partial charge in [-0.3, -0.25) is 16.0 Å². The van der Waals surface area contributed by atoms with Gasteiger partial charge in [0.05, 0.1) is 10.6 Å². The van der Waals surface area contributed by atoms with Crippen LogP contribution in [-0.2, 0) is 0 Å². The molecule has 1 aliphatic rings. The Hall–Kier alpha value is -1.82. The van der Waals surface area contributed by atoms with E-state index >= 15 is 0 Å². The van der Waals surface area contributed by atoms with Crippen LogP contribution in [0.3, 0.4) is 0 Å². The molecule has 19 heavy (non-hydrogen) atoms. The number of rotatable bonds is 3. The van der Waals surface area contributed by atoms with E-state index in [2.05, 4.69) is 17.2 Å². The number of nitrogens with zero attached hydrogens (tertiary/aromatic N) is 2. The standard InChI is InChI=1S/C13H20N4O2/c1-10-3-2-5-16(6-4-10)12-7-11(15-14)8-13(9-12)17(18)19/h7-10,15H,2-6,14H2,1H3. The van der Waals surface area contributed by atoms with Gasteiger partial charge in [0.25, 0.3) is 5.69 Å². The van der Waals surface area contributed by atoms with Gasteiger partial charge in [0.1, 0.15) is 0 Å². The quantitative estimate of drug-likeness (QED) is 0.498. The van der Waals surface area contributed by atoms with E-state index < -0.39 is 0 Å². The lowest BCUT2D eigenvalue weighted by Gasteiger charge is -2.23. The Kier molecular flexibility index (Phi) is 4.21.